The van der Waals surface area contributed by atoms with E-state index in [0.717, 1.165) is 28.3 Å². The monoisotopic (exact) mass is 738 g/mol. The zero-order chi connectivity index (χ0) is 38.4. The summed E-state index contributed by atoms with van der Waals surface area (Å²) < 4.78 is 2.49. The first-order valence-corrected chi connectivity index (χ1v) is 19.9. The average Bonchev–Trinajstić information content (AvgIpc) is 3.63. The van der Waals surface area contributed by atoms with Gasteiger partial charge in [0.25, 0.3) is 0 Å². The third-order valence-corrected chi connectivity index (χ3v) is 11.5. The van der Waals surface area contributed by atoms with E-state index >= 15 is 0 Å². The molecule has 0 aliphatic rings. The molecule has 11 aromatic rings. The van der Waals surface area contributed by atoms with Crippen molar-refractivity contribution in [3.63, 3.8) is 0 Å². The van der Waals surface area contributed by atoms with Gasteiger partial charge in [-0.2, -0.15) is 0 Å². The van der Waals surface area contributed by atoms with Crippen molar-refractivity contribution in [1.82, 2.24) is 4.57 Å². The molecule has 0 bridgehead atoms. The average molecular weight is 739 g/mol. The van der Waals surface area contributed by atoms with Crippen LogP contribution < -0.4 is 4.90 Å². The second kappa shape index (κ2) is 14.1. The lowest BCUT2D eigenvalue weighted by Gasteiger charge is -2.26. The van der Waals surface area contributed by atoms with Gasteiger partial charge in [-0.05, 0) is 110 Å². The molecule has 2 heteroatoms. The zero-order valence-corrected chi connectivity index (χ0v) is 31.8. The number of anilines is 3. The molecule has 0 radical (unpaired) electrons. The Kier molecular flexibility index (Phi) is 8.19. The first-order valence-electron chi connectivity index (χ1n) is 19.9. The first-order chi connectivity index (χ1) is 28.7. The number of para-hydroxylation sites is 2. The van der Waals surface area contributed by atoms with Crippen LogP contribution in [0.4, 0.5) is 17.1 Å². The fourth-order valence-electron chi connectivity index (χ4n) is 8.68. The Morgan fingerprint density at radius 1 is 0.276 bits per heavy atom. The van der Waals surface area contributed by atoms with Crippen LogP contribution in [0.3, 0.4) is 0 Å². The summed E-state index contributed by atoms with van der Waals surface area (Å²) in [5, 5.41) is 7.38. The summed E-state index contributed by atoms with van der Waals surface area (Å²) in [6, 6.07) is 83.9. The zero-order valence-electron chi connectivity index (χ0n) is 31.8. The Morgan fingerprint density at radius 2 is 0.776 bits per heavy atom. The fraction of sp³-hybridized carbons (Fsp3) is 0. The second-order valence-corrected chi connectivity index (χ2v) is 15.0. The number of fused-ring (bicyclic) bond motifs is 5. The second-order valence-electron chi connectivity index (χ2n) is 15.0. The molecule has 10 aromatic carbocycles. The van der Waals surface area contributed by atoms with Crippen molar-refractivity contribution in [1.29, 1.82) is 0 Å². The molecule has 272 valence electrons. The molecule has 2 nitrogen and oxygen atoms in total. The highest BCUT2D eigenvalue weighted by molar-refractivity contribution is 6.11. The minimum Gasteiger partial charge on any atom is -0.310 e. The van der Waals surface area contributed by atoms with E-state index in [4.69, 9.17) is 0 Å². The number of nitrogens with zero attached hydrogens (tertiary/aromatic N) is 2. The number of hydrogen-bond acceptors (Lipinski definition) is 1. The SMILES string of the molecule is c1ccc(-c2ccc(N(c3ccccc3)c3ccc4c5ccccc5n(-c5cc(-c6ccc7ccccc7c6)ccc5-c5ccc6ccccc6c5)c4c3)cc2)cc1. The molecule has 1 aromatic heterocycles. The number of benzene rings is 10. The van der Waals surface area contributed by atoms with E-state index < -0.39 is 0 Å². The first kappa shape index (κ1) is 33.6. The van der Waals surface area contributed by atoms with Crippen molar-refractivity contribution in [3.8, 4) is 39.1 Å². The molecule has 0 aliphatic carbocycles. The van der Waals surface area contributed by atoms with E-state index in [9.17, 15) is 0 Å². The van der Waals surface area contributed by atoms with Crippen LogP contribution in [-0.4, -0.2) is 4.57 Å². The van der Waals surface area contributed by atoms with E-state index in [0.29, 0.717) is 0 Å². The highest BCUT2D eigenvalue weighted by Crippen LogP contribution is 2.43. The molecule has 0 saturated heterocycles. The fourth-order valence-corrected chi connectivity index (χ4v) is 8.68. The quantitative estimate of drug-likeness (QED) is 0.158. The summed E-state index contributed by atoms with van der Waals surface area (Å²) in [6.45, 7) is 0. The lowest BCUT2D eigenvalue weighted by molar-refractivity contribution is 1.18. The molecule has 0 aliphatic heterocycles. The van der Waals surface area contributed by atoms with Crippen molar-refractivity contribution in [3.05, 3.63) is 231 Å². The molecule has 0 unspecified atom stereocenters. The molecule has 1 heterocycles. The predicted octanol–water partition coefficient (Wildman–Crippen LogP) is 15.6. The van der Waals surface area contributed by atoms with Crippen LogP contribution in [0.1, 0.15) is 0 Å². The van der Waals surface area contributed by atoms with Crippen LogP contribution >= 0.6 is 0 Å². The predicted molar refractivity (Wildman–Crippen MR) is 247 cm³/mol. The van der Waals surface area contributed by atoms with Crippen molar-refractivity contribution in [2.24, 2.45) is 0 Å². The normalized spacial score (nSPS) is 11.4. The minimum absolute atomic E-state index is 1.09. The Hall–Kier alpha value is -7.68. The number of aromatic nitrogens is 1. The van der Waals surface area contributed by atoms with Crippen molar-refractivity contribution >= 4 is 60.4 Å². The van der Waals surface area contributed by atoms with Gasteiger partial charge in [0.1, 0.15) is 0 Å². The summed E-state index contributed by atoms with van der Waals surface area (Å²) in [6.07, 6.45) is 0. The Balaban J connectivity index is 1.15. The van der Waals surface area contributed by atoms with Gasteiger partial charge < -0.3 is 9.47 Å². The largest absolute Gasteiger partial charge is 0.310 e. The maximum Gasteiger partial charge on any atom is 0.0562 e. The maximum absolute atomic E-state index is 2.49. The van der Waals surface area contributed by atoms with Gasteiger partial charge in [-0.3, -0.25) is 0 Å². The molecule has 0 spiro atoms. The van der Waals surface area contributed by atoms with Gasteiger partial charge in [0.05, 0.1) is 16.7 Å². The Bertz CT molecular complexity index is 3270. The molecule has 0 saturated carbocycles. The van der Waals surface area contributed by atoms with E-state index in [-0.39, 0.29) is 0 Å². The van der Waals surface area contributed by atoms with Gasteiger partial charge in [0.2, 0.25) is 0 Å². The van der Waals surface area contributed by atoms with Gasteiger partial charge in [-0.15, -0.1) is 0 Å². The third-order valence-electron chi connectivity index (χ3n) is 11.5. The van der Waals surface area contributed by atoms with E-state index in [1.54, 1.807) is 0 Å². The third kappa shape index (κ3) is 5.91. The lowest BCUT2D eigenvalue weighted by Crippen LogP contribution is -2.10. The van der Waals surface area contributed by atoms with Crippen molar-refractivity contribution < 1.29 is 0 Å². The highest BCUT2D eigenvalue weighted by Gasteiger charge is 2.20. The van der Waals surface area contributed by atoms with Crippen LogP contribution in [0.15, 0.2) is 231 Å². The van der Waals surface area contributed by atoms with Gasteiger partial charge in [-0.25, -0.2) is 0 Å². The molecule has 0 fully saturated rings. The molecule has 0 atom stereocenters. The molecule has 0 amide bonds. The number of rotatable bonds is 7. The summed E-state index contributed by atoms with van der Waals surface area (Å²) in [4.78, 5) is 2.37. The van der Waals surface area contributed by atoms with Crippen LogP contribution in [0.5, 0.6) is 0 Å². The topological polar surface area (TPSA) is 8.17 Å². The van der Waals surface area contributed by atoms with Crippen molar-refractivity contribution in [2.45, 2.75) is 0 Å². The van der Waals surface area contributed by atoms with E-state index in [1.165, 1.54) is 71.2 Å². The summed E-state index contributed by atoms with van der Waals surface area (Å²) >= 11 is 0. The van der Waals surface area contributed by atoms with Crippen LogP contribution in [0.25, 0.3) is 82.4 Å². The molecular formula is C56H38N2. The van der Waals surface area contributed by atoms with E-state index in [2.05, 4.69) is 240 Å². The van der Waals surface area contributed by atoms with Gasteiger partial charge in [-0.1, -0.05) is 170 Å². The van der Waals surface area contributed by atoms with Gasteiger partial charge in [0, 0.05) is 33.4 Å². The maximum atomic E-state index is 2.49. The van der Waals surface area contributed by atoms with Gasteiger partial charge >= 0.3 is 0 Å². The molecule has 0 N–H and O–H groups in total. The molecule has 58 heavy (non-hydrogen) atoms. The summed E-state index contributed by atoms with van der Waals surface area (Å²) in [5.74, 6) is 0. The minimum atomic E-state index is 1.09. The van der Waals surface area contributed by atoms with Gasteiger partial charge in [0.15, 0.2) is 0 Å². The smallest absolute Gasteiger partial charge is 0.0562 e. The molecule has 11 rings (SSSR count). The number of hydrogen-bond donors (Lipinski definition) is 0. The van der Waals surface area contributed by atoms with Crippen molar-refractivity contribution in [2.75, 3.05) is 4.90 Å². The highest BCUT2D eigenvalue weighted by atomic mass is 15.1. The van der Waals surface area contributed by atoms with Crippen LogP contribution in [-0.2, 0) is 0 Å². The van der Waals surface area contributed by atoms with E-state index in [1.807, 2.05) is 0 Å². The Morgan fingerprint density at radius 3 is 1.52 bits per heavy atom. The summed E-state index contributed by atoms with van der Waals surface area (Å²) in [7, 11) is 0. The van der Waals surface area contributed by atoms with Crippen LogP contribution in [0, 0.1) is 0 Å². The lowest BCUT2D eigenvalue weighted by atomic mass is 9.95. The standard InChI is InChI=1S/C56H38N2/c1-3-13-39(14-4-1)42-27-30-49(31-28-42)57(48-19-5-2-6-20-48)50-32-34-53-52-21-11-12-22-54(52)58(56(53)38-50)55-37-46(45-25-23-40-15-7-9-17-43(40)35-45)29-33-51(55)47-26-24-41-16-8-10-18-44(41)36-47/h1-38H. The molecular weight excluding hydrogens is 701 g/mol. The Labute approximate surface area is 338 Å². The van der Waals surface area contributed by atoms with Crippen LogP contribution in [0.2, 0.25) is 0 Å². The summed E-state index contributed by atoms with van der Waals surface area (Å²) in [5.41, 5.74) is 13.9.